The predicted molar refractivity (Wildman–Crippen MR) is 54.6 cm³/mol. The van der Waals surface area contributed by atoms with Crippen LogP contribution in [-0.4, -0.2) is 4.98 Å². The first-order chi connectivity index (χ1) is 6.77. The first-order valence-electron chi connectivity index (χ1n) is 4.14. The van der Waals surface area contributed by atoms with Crippen molar-refractivity contribution in [3.63, 3.8) is 0 Å². The van der Waals surface area contributed by atoms with Crippen LogP contribution in [-0.2, 0) is 0 Å². The average molecular weight is 208 g/mol. The molecule has 0 aliphatic carbocycles. The molecule has 0 unspecified atom stereocenters. The van der Waals surface area contributed by atoms with Gasteiger partial charge in [-0.3, -0.25) is 0 Å². The lowest BCUT2D eigenvalue weighted by Gasteiger charge is -2.02. The van der Waals surface area contributed by atoms with Crippen LogP contribution in [0.15, 0.2) is 42.6 Å². The van der Waals surface area contributed by atoms with Gasteiger partial charge in [0.2, 0.25) is 0 Å². The number of pyridine rings is 1. The summed E-state index contributed by atoms with van der Waals surface area (Å²) in [6.07, 6.45) is 1.13. The van der Waals surface area contributed by atoms with Crippen LogP contribution in [0.3, 0.4) is 0 Å². The van der Waals surface area contributed by atoms with Gasteiger partial charge in [0.25, 0.3) is 0 Å². The monoisotopic (exact) mass is 207 g/mol. The molecular weight excluding hydrogens is 201 g/mol. The second kappa shape index (κ2) is 3.76. The zero-order valence-electron chi connectivity index (χ0n) is 7.24. The van der Waals surface area contributed by atoms with Crippen molar-refractivity contribution in [3.8, 4) is 11.1 Å². The normalized spacial score (nSPS) is 10.1. The highest BCUT2D eigenvalue weighted by molar-refractivity contribution is 6.29. The lowest BCUT2D eigenvalue weighted by molar-refractivity contribution is 0.625. The smallest absolute Gasteiger partial charge is 0.149 e. The van der Waals surface area contributed by atoms with Gasteiger partial charge in [0, 0.05) is 5.56 Å². The van der Waals surface area contributed by atoms with Gasteiger partial charge in [-0.2, -0.15) is 0 Å². The summed E-state index contributed by atoms with van der Waals surface area (Å²) < 4.78 is 13.3. The van der Waals surface area contributed by atoms with Crippen LogP contribution >= 0.6 is 11.6 Å². The molecule has 14 heavy (non-hydrogen) atoms. The van der Waals surface area contributed by atoms with Crippen molar-refractivity contribution in [1.29, 1.82) is 0 Å². The van der Waals surface area contributed by atoms with Gasteiger partial charge < -0.3 is 0 Å². The van der Waals surface area contributed by atoms with E-state index < -0.39 is 0 Å². The Hall–Kier alpha value is -1.41. The van der Waals surface area contributed by atoms with Gasteiger partial charge in [-0.15, -0.1) is 0 Å². The van der Waals surface area contributed by atoms with E-state index in [2.05, 4.69) is 4.98 Å². The third-order valence-corrected chi connectivity index (χ3v) is 2.11. The number of benzene rings is 1. The molecule has 0 fully saturated rings. The molecule has 2 aromatic rings. The van der Waals surface area contributed by atoms with Gasteiger partial charge in [-0.1, -0.05) is 41.9 Å². The van der Waals surface area contributed by atoms with E-state index in [1.165, 1.54) is 6.07 Å². The van der Waals surface area contributed by atoms with E-state index in [-0.39, 0.29) is 5.82 Å². The molecule has 0 amide bonds. The van der Waals surface area contributed by atoms with Crippen LogP contribution in [0.2, 0.25) is 5.15 Å². The minimum atomic E-state index is -0.361. The number of aromatic nitrogens is 1. The zero-order valence-corrected chi connectivity index (χ0v) is 8.00. The minimum Gasteiger partial charge on any atom is -0.241 e. The number of halogens is 2. The van der Waals surface area contributed by atoms with Crippen molar-refractivity contribution >= 4 is 11.6 Å². The van der Waals surface area contributed by atoms with E-state index in [9.17, 15) is 4.39 Å². The number of hydrogen-bond donors (Lipinski definition) is 0. The number of hydrogen-bond acceptors (Lipinski definition) is 1. The highest BCUT2D eigenvalue weighted by atomic mass is 35.5. The lowest BCUT2D eigenvalue weighted by atomic mass is 10.1. The Morgan fingerprint density at radius 1 is 1.14 bits per heavy atom. The van der Waals surface area contributed by atoms with Gasteiger partial charge in [-0.25, -0.2) is 9.37 Å². The Kier molecular flexibility index (Phi) is 2.46. The maximum Gasteiger partial charge on any atom is 0.149 e. The molecule has 1 nitrogen and oxygen atoms in total. The maximum atomic E-state index is 13.3. The topological polar surface area (TPSA) is 12.9 Å². The van der Waals surface area contributed by atoms with Gasteiger partial charge in [-0.05, 0) is 11.6 Å². The molecule has 1 aromatic carbocycles. The van der Waals surface area contributed by atoms with E-state index in [4.69, 9.17) is 11.6 Å². The summed E-state index contributed by atoms with van der Waals surface area (Å²) in [5.74, 6) is -0.361. The Bertz CT molecular complexity index is 442. The maximum absolute atomic E-state index is 13.3. The highest BCUT2D eigenvalue weighted by Crippen LogP contribution is 2.23. The van der Waals surface area contributed by atoms with E-state index in [0.29, 0.717) is 10.7 Å². The predicted octanol–water partition coefficient (Wildman–Crippen LogP) is 3.54. The zero-order chi connectivity index (χ0) is 9.97. The van der Waals surface area contributed by atoms with E-state index in [0.717, 1.165) is 11.8 Å². The molecule has 0 N–H and O–H groups in total. The molecule has 0 aliphatic heterocycles. The number of rotatable bonds is 1. The molecule has 0 aliphatic rings. The quantitative estimate of drug-likeness (QED) is 0.652. The van der Waals surface area contributed by atoms with Crippen molar-refractivity contribution < 1.29 is 4.39 Å². The second-order valence-electron chi connectivity index (χ2n) is 2.85. The van der Waals surface area contributed by atoms with Crippen LogP contribution < -0.4 is 0 Å². The average Bonchev–Trinajstić information content (AvgIpc) is 2.23. The molecule has 0 saturated heterocycles. The summed E-state index contributed by atoms with van der Waals surface area (Å²) in [4.78, 5) is 3.66. The van der Waals surface area contributed by atoms with Crippen LogP contribution in [0.4, 0.5) is 4.39 Å². The fourth-order valence-corrected chi connectivity index (χ4v) is 1.41. The molecule has 0 bridgehead atoms. The van der Waals surface area contributed by atoms with E-state index >= 15 is 0 Å². The van der Waals surface area contributed by atoms with Crippen molar-refractivity contribution in [1.82, 2.24) is 4.98 Å². The summed E-state index contributed by atoms with van der Waals surface area (Å²) in [6.45, 7) is 0. The Morgan fingerprint density at radius 2 is 1.86 bits per heavy atom. The Morgan fingerprint density at radius 3 is 2.57 bits per heavy atom. The van der Waals surface area contributed by atoms with Crippen LogP contribution in [0.1, 0.15) is 0 Å². The third-order valence-electron chi connectivity index (χ3n) is 1.91. The first-order valence-corrected chi connectivity index (χ1v) is 4.51. The Labute approximate surface area is 86.2 Å². The van der Waals surface area contributed by atoms with Gasteiger partial charge in [0.05, 0.1) is 6.20 Å². The summed E-state index contributed by atoms with van der Waals surface area (Å²) in [5, 5.41) is 0.297. The van der Waals surface area contributed by atoms with Crippen LogP contribution in [0, 0.1) is 5.82 Å². The van der Waals surface area contributed by atoms with E-state index in [1.54, 1.807) is 0 Å². The SMILES string of the molecule is Fc1cnc(Cl)cc1-c1ccccc1. The molecule has 0 spiro atoms. The molecule has 1 aromatic heterocycles. The Balaban J connectivity index is 2.57. The summed E-state index contributed by atoms with van der Waals surface area (Å²) in [7, 11) is 0. The van der Waals surface area contributed by atoms with Gasteiger partial charge >= 0.3 is 0 Å². The molecule has 2 rings (SSSR count). The lowest BCUT2D eigenvalue weighted by Crippen LogP contribution is -1.86. The van der Waals surface area contributed by atoms with Crippen LogP contribution in [0.25, 0.3) is 11.1 Å². The number of nitrogens with zero attached hydrogens (tertiary/aromatic N) is 1. The third kappa shape index (κ3) is 1.75. The molecule has 3 heteroatoms. The minimum absolute atomic E-state index is 0.297. The molecule has 0 atom stereocenters. The second-order valence-corrected chi connectivity index (χ2v) is 3.24. The van der Waals surface area contributed by atoms with Crippen molar-refractivity contribution in [3.05, 3.63) is 53.6 Å². The standard InChI is InChI=1S/C11H7ClFN/c12-11-6-9(10(13)7-14-11)8-4-2-1-3-5-8/h1-7H. The van der Waals surface area contributed by atoms with E-state index in [1.807, 2.05) is 30.3 Å². The molecular formula is C11H7ClFN. The summed E-state index contributed by atoms with van der Waals surface area (Å²) in [6, 6.07) is 10.8. The largest absolute Gasteiger partial charge is 0.241 e. The molecule has 0 saturated carbocycles. The summed E-state index contributed by atoms with van der Waals surface area (Å²) >= 11 is 5.69. The van der Waals surface area contributed by atoms with Crippen LogP contribution in [0.5, 0.6) is 0 Å². The molecule has 0 radical (unpaired) electrons. The van der Waals surface area contributed by atoms with Gasteiger partial charge in [0.1, 0.15) is 11.0 Å². The summed E-state index contributed by atoms with van der Waals surface area (Å²) in [5.41, 5.74) is 1.28. The fourth-order valence-electron chi connectivity index (χ4n) is 1.25. The molecule has 70 valence electrons. The fraction of sp³-hybridized carbons (Fsp3) is 0. The van der Waals surface area contributed by atoms with Crippen molar-refractivity contribution in [2.45, 2.75) is 0 Å². The van der Waals surface area contributed by atoms with Gasteiger partial charge in [0.15, 0.2) is 0 Å². The highest BCUT2D eigenvalue weighted by Gasteiger charge is 2.05. The van der Waals surface area contributed by atoms with Crippen molar-refractivity contribution in [2.75, 3.05) is 0 Å². The molecule has 1 heterocycles. The van der Waals surface area contributed by atoms with Crippen molar-refractivity contribution in [2.24, 2.45) is 0 Å². The first kappa shape index (κ1) is 9.16.